The average Bonchev–Trinajstić information content (AvgIpc) is 2.67. The molecule has 2 heteroatoms. The normalized spacial score (nSPS) is 12.9. The molecule has 0 aliphatic rings. The van der Waals surface area contributed by atoms with Crippen LogP contribution in [0.15, 0.2) is 31.5 Å². The Labute approximate surface area is 91.7 Å². The third kappa shape index (κ3) is 2.46. The molecule has 2 nitrogen and oxygen atoms in total. The first-order chi connectivity index (χ1) is 7.24. The molecule has 80 valence electrons. The van der Waals surface area contributed by atoms with Gasteiger partial charge in [0.1, 0.15) is 5.82 Å². The van der Waals surface area contributed by atoms with Gasteiger partial charge in [-0.3, -0.25) is 0 Å². The van der Waals surface area contributed by atoms with Crippen LogP contribution in [0.3, 0.4) is 0 Å². The highest BCUT2D eigenvalue weighted by Crippen LogP contribution is 2.20. The zero-order valence-corrected chi connectivity index (χ0v) is 9.48. The minimum Gasteiger partial charge on any atom is -0.304 e. The lowest BCUT2D eigenvalue weighted by Crippen LogP contribution is -2.00. The molecule has 0 aromatic carbocycles. The Kier molecular flexibility index (Phi) is 4.10. The summed E-state index contributed by atoms with van der Waals surface area (Å²) in [7, 11) is 0. The fourth-order valence-corrected chi connectivity index (χ4v) is 1.42. The molecule has 1 aromatic rings. The van der Waals surface area contributed by atoms with Crippen LogP contribution in [-0.2, 0) is 0 Å². The zero-order valence-electron chi connectivity index (χ0n) is 9.48. The van der Waals surface area contributed by atoms with Crippen molar-refractivity contribution in [2.75, 3.05) is 0 Å². The van der Waals surface area contributed by atoms with E-state index in [0.717, 1.165) is 12.2 Å². The Morgan fingerprint density at radius 3 is 2.80 bits per heavy atom. The number of imidazole rings is 1. The van der Waals surface area contributed by atoms with E-state index in [9.17, 15) is 0 Å². The zero-order chi connectivity index (χ0) is 11.3. The second kappa shape index (κ2) is 5.35. The second-order valence-electron chi connectivity index (χ2n) is 3.50. The summed E-state index contributed by atoms with van der Waals surface area (Å²) in [5.41, 5.74) is 1.21. The molecule has 0 aliphatic heterocycles. The number of hydrogen-bond donors (Lipinski definition) is 0. The van der Waals surface area contributed by atoms with Gasteiger partial charge in [-0.2, -0.15) is 0 Å². The van der Waals surface area contributed by atoms with Gasteiger partial charge in [-0.05, 0) is 24.5 Å². The summed E-state index contributed by atoms with van der Waals surface area (Å²) in [4.78, 5) is 4.32. The lowest BCUT2D eigenvalue weighted by molar-refractivity contribution is 0.696. The van der Waals surface area contributed by atoms with Crippen molar-refractivity contribution in [2.45, 2.75) is 26.2 Å². The summed E-state index contributed by atoms with van der Waals surface area (Å²) >= 11 is 0. The minimum atomic E-state index is 0.501. The van der Waals surface area contributed by atoms with E-state index in [1.54, 1.807) is 12.2 Å². The van der Waals surface area contributed by atoms with Gasteiger partial charge in [0.15, 0.2) is 0 Å². The summed E-state index contributed by atoms with van der Waals surface area (Å²) in [6, 6.07) is 0. The summed E-state index contributed by atoms with van der Waals surface area (Å²) in [6.45, 7) is 11.8. The largest absolute Gasteiger partial charge is 0.304 e. The quantitative estimate of drug-likeness (QED) is 0.666. The topological polar surface area (TPSA) is 17.8 Å². The van der Waals surface area contributed by atoms with Gasteiger partial charge in [-0.15, -0.1) is 0 Å². The van der Waals surface area contributed by atoms with Crippen molar-refractivity contribution >= 4 is 12.3 Å². The van der Waals surface area contributed by atoms with Crippen LogP contribution in [0.5, 0.6) is 0 Å². The smallest absolute Gasteiger partial charge is 0.136 e. The highest BCUT2D eigenvalue weighted by Gasteiger charge is 2.10. The highest BCUT2D eigenvalue weighted by molar-refractivity contribution is 5.45. The first-order valence-corrected chi connectivity index (χ1v) is 5.23. The fourth-order valence-electron chi connectivity index (χ4n) is 1.42. The van der Waals surface area contributed by atoms with Gasteiger partial charge in [-0.25, -0.2) is 4.98 Å². The standard InChI is InChI=1S/C13H18N2/c1-5-8-9-15-12(11(4)6-2)10-14-13(15)7-3/h5,7-11H,1,3,6H2,2,4H3/b9-8-. The monoisotopic (exact) mass is 202 g/mol. The molecule has 0 aliphatic carbocycles. The molecule has 1 aromatic heterocycles. The van der Waals surface area contributed by atoms with Crippen molar-refractivity contribution in [3.05, 3.63) is 43.0 Å². The Bertz CT molecular complexity index is 372. The number of hydrogen-bond acceptors (Lipinski definition) is 1. The van der Waals surface area contributed by atoms with E-state index in [1.165, 1.54) is 5.69 Å². The van der Waals surface area contributed by atoms with Gasteiger partial charge in [0.25, 0.3) is 0 Å². The number of rotatable bonds is 5. The van der Waals surface area contributed by atoms with E-state index >= 15 is 0 Å². The molecule has 1 atom stereocenters. The van der Waals surface area contributed by atoms with E-state index in [0.29, 0.717) is 5.92 Å². The van der Waals surface area contributed by atoms with Crippen LogP contribution in [0.1, 0.15) is 37.7 Å². The van der Waals surface area contributed by atoms with Crippen LogP contribution in [0.25, 0.3) is 12.3 Å². The average molecular weight is 202 g/mol. The van der Waals surface area contributed by atoms with E-state index in [4.69, 9.17) is 0 Å². The van der Waals surface area contributed by atoms with Gasteiger partial charge >= 0.3 is 0 Å². The number of nitrogens with zero attached hydrogens (tertiary/aromatic N) is 2. The molecule has 1 heterocycles. The van der Waals surface area contributed by atoms with Crippen molar-refractivity contribution < 1.29 is 0 Å². The first-order valence-electron chi connectivity index (χ1n) is 5.23. The molecule has 1 unspecified atom stereocenters. The predicted molar refractivity (Wildman–Crippen MR) is 66.6 cm³/mol. The Balaban J connectivity index is 3.15. The van der Waals surface area contributed by atoms with E-state index in [2.05, 4.69) is 36.6 Å². The van der Waals surface area contributed by atoms with Gasteiger partial charge in [-0.1, -0.05) is 33.1 Å². The number of allylic oxidation sites excluding steroid dienone is 2. The Morgan fingerprint density at radius 1 is 1.53 bits per heavy atom. The molecule has 0 saturated heterocycles. The maximum Gasteiger partial charge on any atom is 0.136 e. The molecule has 1 rings (SSSR count). The number of aromatic nitrogens is 2. The Morgan fingerprint density at radius 2 is 2.27 bits per heavy atom. The van der Waals surface area contributed by atoms with Crippen molar-refractivity contribution in [2.24, 2.45) is 0 Å². The molecule has 0 radical (unpaired) electrons. The third-order valence-electron chi connectivity index (χ3n) is 2.53. The second-order valence-corrected chi connectivity index (χ2v) is 3.50. The summed E-state index contributed by atoms with van der Waals surface area (Å²) in [5.74, 6) is 1.38. The van der Waals surface area contributed by atoms with Gasteiger partial charge < -0.3 is 4.57 Å². The molecule has 0 N–H and O–H groups in total. The summed E-state index contributed by atoms with van der Waals surface area (Å²) in [5, 5.41) is 0. The van der Waals surface area contributed by atoms with Crippen molar-refractivity contribution in [3.8, 4) is 0 Å². The third-order valence-corrected chi connectivity index (χ3v) is 2.53. The molecular formula is C13H18N2. The van der Waals surface area contributed by atoms with Crippen LogP contribution in [0.4, 0.5) is 0 Å². The lowest BCUT2D eigenvalue weighted by atomic mass is 10.1. The summed E-state index contributed by atoms with van der Waals surface area (Å²) < 4.78 is 2.06. The predicted octanol–water partition coefficient (Wildman–Crippen LogP) is 3.70. The SMILES string of the molecule is C=C/C=C\n1c(C(C)CC)cnc1C=C. The van der Waals surface area contributed by atoms with Gasteiger partial charge in [0.05, 0.1) is 0 Å². The maximum atomic E-state index is 4.32. The van der Waals surface area contributed by atoms with Crippen LogP contribution in [-0.4, -0.2) is 9.55 Å². The van der Waals surface area contributed by atoms with E-state index in [-0.39, 0.29) is 0 Å². The van der Waals surface area contributed by atoms with Gasteiger partial charge in [0, 0.05) is 18.1 Å². The first kappa shape index (κ1) is 11.5. The van der Waals surface area contributed by atoms with Crippen molar-refractivity contribution in [1.29, 1.82) is 0 Å². The van der Waals surface area contributed by atoms with E-state index < -0.39 is 0 Å². The van der Waals surface area contributed by atoms with Crippen molar-refractivity contribution in [1.82, 2.24) is 9.55 Å². The molecule has 0 saturated carbocycles. The molecule has 0 fully saturated rings. The van der Waals surface area contributed by atoms with Crippen LogP contribution in [0.2, 0.25) is 0 Å². The summed E-state index contributed by atoms with van der Waals surface area (Å²) in [6.07, 6.45) is 10.4. The molecule has 0 amide bonds. The van der Waals surface area contributed by atoms with Crippen LogP contribution in [0, 0.1) is 0 Å². The van der Waals surface area contributed by atoms with Crippen molar-refractivity contribution in [3.63, 3.8) is 0 Å². The lowest BCUT2D eigenvalue weighted by Gasteiger charge is -2.10. The van der Waals surface area contributed by atoms with Gasteiger partial charge in [0.2, 0.25) is 0 Å². The highest BCUT2D eigenvalue weighted by atomic mass is 15.1. The van der Waals surface area contributed by atoms with Crippen LogP contribution >= 0.6 is 0 Å². The molecule has 0 bridgehead atoms. The molecule has 15 heavy (non-hydrogen) atoms. The fraction of sp³-hybridized carbons (Fsp3) is 0.308. The molecule has 0 spiro atoms. The molecular weight excluding hydrogens is 184 g/mol. The Hall–Kier alpha value is -1.57. The van der Waals surface area contributed by atoms with Crippen LogP contribution < -0.4 is 0 Å². The maximum absolute atomic E-state index is 4.32. The minimum absolute atomic E-state index is 0.501. The van der Waals surface area contributed by atoms with E-state index in [1.807, 2.05) is 18.5 Å².